The third-order valence-electron chi connectivity index (χ3n) is 5.84. The number of nitrogens with zero attached hydrogens (tertiary/aromatic N) is 2. The molecule has 0 bridgehead atoms. The van der Waals surface area contributed by atoms with Gasteiger partial charge in [-0.25, -0.2) is 4.39 Å². The zero-order valence-corrected chi connectivity index (χ0v) is 17.9. The fourth-order valence-corrected chi connectivity index (χ4v) is 4.13. The van der Waals surface area contributed by atoms with Crippen LogP contribution in [0, 0.1) is 5.82 Å². The number of imide groups is 1. The fourth-order valence-electron chi connectivity index (χ4n) is 4.13. The summed E-state index contributed by atoms with van der Waals surface area (Å²) in [4.78, 5) is 38.5. The van der Waals surface area contributed by atoms with Gasteiger partial charge in [-0.05, 0) is 30.2 Å². The summed E-state index contributed by atoms with van der Waals surface area (Å²) in [5.74, 6) is -1.85. The molecule has 0 unspecified atom stereocenters. The normalized spacial score (nSPS) is 30.3. The van der Waals surface area contributed by atoms with Crippen LogP contribution >= 0.6 is 0 Å². The second-order valence-electron chi connectivity index (χ2n) is 8.01. The molecule has 3 amide bonds. The van der Waals surface area contributed by atoms with Crippen LogP contribution in [0.3, 0.4) is 0 Å². The summed E-state index contributed by atoms with van der Waals surface area (Å²) in [5.41, 5.74) is 0.941. The first kappa shape index (κ1) is 14.9. The predicted molar refractivity (Wildman–Crippen MR) is 119 cm³/mol. The molecule has 8 nitrogen and oxygen atoms in total. The van der Waals surface area contributed by atoms with E-state index in [1.165, 1.54) is 17.0 Å². The average molecular weight is 476 g/mol. The first-order valence-electron chi connectivity index (χ1n) is 14.6. The van der Waals surface area contributed by atoms with Gasteiger partial charge in [-0.15, -0.1) is 0 Å². The number of rotatable bonds is 6. The van der Waals surface area contributed by atoms with Gasteiger partial charge in [-0.1, -0.05) is 18.2 Å². The molecular weight excluding hydrogens is 441 g/mol. The van der Waals surface area contributed by atoms with Crippen molar-refractivity contribution in [2.24, 2.45) is 0 Å². The molecule has 178 valence electrons. The zero-order chi connectivity index (χ0) is 30.8. The third-order valence-corrected chi connectivity index (χ3v) is 5.84. The summed E-state index contributed by atoms with van der Waals surface area (Å²) in [6.07, 6.45) is 0.302. The quantitative estimate of drug-likeness (QED) is 0.643. The molecule has 0 aromatic heterocycles. The summed E-state index contributed by atoms with van der Waals surface area (Å²) in [6.45, 7) is -13.5. The lowest BCUT2D eigenvalue weighted by atomic mass is 10.0. The van der Waals surface area contributed by atoms with Gasteiger partial charge in [0.2, 0.25) is 11.8 Å². The van der Waals surface area contributed by atoms with Gasteiger partial charge in [-0.3, -0.25) is 24.6 Å². The Kier molecular flexibility index (Phi) is 4.16. The Labute approximate surface area is 207 Å². The molecule has 2 saturated heterocycles. The number of benzene rings is 2. The van der Waals surface area contributed by atoms with E-state index in [1.807, 2.05) is 0 Å². The summed E-state index contributed by atoms with van der Waals surface area (Å²) in [6, 6.07) is 7.63. The highest BCUT2D eigenvalue weighted by molar-refractivity contribution is 6.05. The number of carbonyl (C=O) groups excluding carboxylic acids is 3. The van der Waals surface area contributed by atoms with Crippen molar-refractivity contribution in [2.45, 2.75) is 38.6 Å². The number of hydrogen-bond acceptors (Lipinski definition) is 6. The summed E-state index contributed by atoms with van der Waals surface area (Å²) in [7, 11) is 0. The molecule has 9 heteroatoms. The van der Waals surface area contributed by atoms with E-state index < -0.39 is 62.2 Å². The van der Waals surface area contributed by atoms with Gasteiger partial charge in [0.15, 0.2) is 0 Å². The molecule has 3 aliphatic rings. The van der Waals surface area contributed by atoms with Gasteiger partial charge in [0.05, 0.1) is 25.1 Å². The number of carbonyl (C=O) groups is 3. The van der Waals surface area contributed by atoms with Crippen LogP contribution in [0.5, 0.6) is 5.75 Å². The van der Waals surface area contributed by atoms with Crippen molar-refractivity contribution in [1.82, 2.24) is 15.1 Å². The molecule has 0 saturated carbocycles. The molecule has 2 fully saturated rings. The number of hydrogen-bond donors (Lipinski definition) is 1. The Bertz CT molecular complexity index is 1450. The van der Waals surface area contributed by atoms with Crippen LogP contribution in [0.4, 0.5) is 4.39 Å². The highest BCUT2D eigenvalue weighted by Crippen LogP contribution is 2.34. The minimum Gasteiger partial charge on any atom is -0.488 e. The molecule has 0 aliphatic carbocycles. The number of fused-ring (bicyclic) bond motifs is 1. The number of ether oxygens (including phenoxy) is 2. The minimum absolute atomic E-state index is 0.0450. The molecule has 1 atom stereocenters. The topological polar surface area (TPSA) is 88.2 Å². The molecule has 0 radical (unpaired) electrons. The highest BCUT2D eigenvalue weighted by Gasteiger charge is 2.40. The Morgan fingerprint density at radius 1 is 1.18 bits per heavy atom. The number of amides is 3. The molecule has 3 aliphatic heterocycles. The average Bonchev–Trinajstić information content (AvgIpc) is 3.22. The van der Waals surface area contributed by atoms with E-state index in [2.05, 4.69) is 10.1 Å². The van der Waals surface area contributed by atoms with Crippen LogP contribution in [0.15, 0.2) is 36.4 Å². The Morgan fingerprint density at radius 2 is 2.00 bits per heavy atom. The maximum atomic E-state index is 15.1. The van der Waals surface area contributed by atoms with Gasteiger partial charge >= 0.3 is 0 Å². The van der Waals surface area contributed by atoms with E-state index in [9.17, 15) is 14.4 Å². The van der Waals surface area contributed by atoms with Crippen LogP contribution in [0.2, 0.25) is 0 Å². The van der Waals surface area contributed by atoms with Gasteiger partial charge in [0, 0.05) is 48.1 Å². The lowest BCUT2D eigenvalue weighted by Gasteiger charge is -2.29. The minimum atomic E-state index is -3.21. The van der Waals surface area contributed by atoms with Gasteiger partial charge in [0.25, 0.3) is 5.91 Å². The van der Waals surface area contributed by atoms with E-state index in [-0.39, 0.29) is 37.1 Å². The molecule has 1 N–H and O–H groups in total. The van der Waals surface area contributed by atoms with Crippen molar-refractivity contribution in [3.63, 3.8) is 0 Å². The summed E-state index contributed by atoms with van der Waals surface area (Å²) in [5, 5.41) is 2.24. The van der Waals surface area contributed by atoms with Crippen LogP contribution in [-0.4, -0.2) is 59.7 Å². The number of nitrogens with one attached hydrogen (secondary N) is 1. The predicted octanol–water partition coefficient (Wildman–Crippen LogP) is 2.00. The van der Waals surface area contributed by atoms with Crippen LogP contribution in [0.25, 0.3) is 0 Å². The largest absolute Gasteiger partial charge is 0.488 e. The molecule has 3 heterocycles. The Hall–Kier alpha value is -3.30. The standard InChI is InChI=1S/C25H26FN3O5/c26-20-12-16(13-28-8-10-33-11-9-28)4-5-17(20)15-34-22-3-1-2-18-19(22)14-29(25(18)32)21-6-7-23(30)27-24(21)31/h1-5,12,21H,6-11,13-15H2,(H,27,30,31)/t21-/m1/s1/i8D2,9D2,10D2,11D2. The molecule has 2 aromatic carbocycles. The molecular formula is C25H26FN3O5. The van der Waals surface area contributed by atoms with E-state index >= 15 is 4.39 Å². The SMILES string of the molecule is [2H]C1([2H])OC([2H])([2H])C([2H])([2H])N(Cc2ccc(COc3cccc4c3CN([C@@H]3CCC(=O)NC3=O)C4=O)c(F)c2)C1([2H])[2H]. The van der Waals surface area contributed by atoms with Gasteiger partial charge in [0.1, 0.15) is 24.2 Å². The van der Waals surface area contributed by atoms with Crippen LogP contribution < -0.4 is 10.1 Å². The van der Waals surface area contributed by atoms with Crippen molar-refractivity contribution >= 4 is 17.7 Å². The van der Waals surface area contributed by atoms with E-state index in [0.29, 0.717) is 21.8 Å². The van der Waals surface area contributed by atoms with Crippen LogP contribution in [-0.2, 0) is 34.0 Å². The van der Waals surface area contributed by atoms with E-state index in [0.717, 1.165) is 6.07 Å². The number of halogens is 1. The zero-order valence-electron chi connectivity index (χ0n) is 25.9. The fraction of sp³-hybridized carbons (Fsp3) is 0.400. The van der Waals surface area contributed by atoms with Gasteiger partial charge in [-0.2, -0.15) is 0 Å². The second-order valence-corrected chi connectivity index (χ2v) is 8.01. The van der Waals surface area contributed by atoms with Crippen molar-refractivity contribution < 1.29 is 39.2 Å². The maximum Gasteiger partial charge on any atom is 0.255 e. The number of piperidine rings is 1. The monoisotopic (exact) mass is 475 g/mol. The maximum absolute atomic E-state index is 15.1. The van der Waals surface area contributed by atoms with E-state index in [4.69, 9.17) is 15.7 Å². The second kappa shape index (κ2) is 9.52. The lowest BCUT2D eigenvalue weighted by molar-refractivity contribution is -0.136. The van der Waals surface area contributed by atoms with Crippen molar-refractivity contribution in [3.05, 3.63) is 64.5 Å². The molecule has 5 rings (SSSR count). The van der Waals surface area contributed by atoms with Crippen molar-refractivity contribution in [1.29, 1.82) is 0 Å². The Morgan fingerprint density at radius 3 is 2.76 bits per heavy atom. The van der Waals surface area contributed by atoms with Gasteiger partial charge < -0.3 is 14.4 Å². The summed E-state index contributed by atoms with van der Waals surface area (Å²) < 4.78 is 89.1. The molecule has 0 spiro atoms. The van der Waals surface area contributed by atoms with Crippen LogP contribution in [0.1, 0.15) is 50.9 Å². The van der Waals surface area contributed by atoms with E-state index in [1.54, 1.807) is 18.2 Å². The van der Waals surface area contributed by atoms with Crippen molar-refractivity contribution in [3.8, 4) is 5.75 Å². The van der Waals surface area contributed by atoms with Crippen molar-refractivity contribution in [2.75, 3.05) is 26.1 Å². The third kappa shape index (κ3) is 4.53. The number of morpholine rings is 1. The first-order valence-corrected chi connectivity index (χ1v) is 10.6. The first-order chi connectivity index (χ1) is 19.5. The molecule has 2 aromatic rings. The lowest BCUT2D eigenvalue weighted by Crippen LogP contribution is -2.52. The molecule has 34 heavy (non-hydrogen) atoms. The smallest absolute Gasteiger partial charge is 0.255 e. The Balaban J connectivity index is 1.31. The highest BCUT2D eigenvalue weighted by atomic mass is 19.1. The summed E-state index contributed by atoms with van der Waals surface area (Å²) >= 11 is 0.